The van der Waals surface area contributed by atoms with Gasteiger partial charge in [0, 0.05) is 0 Å². The lowest BCUT2D eigenvalue weighted by molar-refractivity contribution is -0.330. The van der Waals surface area contributed by atoms with Crippen LogP contribution in [-0.2, 0) is 28.5 Å². The Morgan fingerprint density at radius 1 is 0.771 bits per heavy atom. The third-order valence-corrected chi connectivity index (χ3v) is 5.57. The molecule has 2 aliphatic rings. The number of hydrogen-bond donors (Lipinski definition) is 11. The van der Waals surface area contributed by atoms with Crippen LogP contribution in [0.2, 0.25) is 0 Å². The van der Waals surface area contributed by atoms with Crippen LogP contribution < -0.4 is 0 Å². The molecule has 2 aliphatic heterocycles. The van der Waals surface area contributed by atoms with Gasteiger partial charge in [-0.05, 0) is 0 Å². The van der Waals surface area contributed by atoms with Gasteiger partial charge in [-0.1, -0.05) is 0 Å². The Morgan fingerprint density at radius 2 is 1.31 bits per heavy atom. The molecule has 0 spiro atoms. The molecule has 11 N–H and O–H groups in total. The lowest BCUT2D eigenvalue weighted by atomic mass is 9.98. The molecule has 0 amide bonds. The molecule has 2 rings (SSSR count). The van der Waals surface area contributed by atoms with Gasteiger partial charge in [-0.3, -0.25) is 0 Å². The second-order valence-electron chi connectivity index (χ2n) is 8.09. The van der Waals surface area contributed by atoms with Crippen molar-refractivity contribution in [1.82, 2.24) is 0 Å². The highest BCUT2D eigenvalue weighted by molar-refractivity contribution is 5.73. The fourth-order valence-electron chi connectivity index (χ4n) is 3.37. The zero-order valence-corrected chi connectivity index (χ0v) is 17.9. The molecule has 0 aliphatic carbocycles. The Kier molecular flexibility index (Phi) is 10.8. The standard InChI is InChI=1S/C18H30O17/c19-1-4(20)7(22)8(23)5(21)2-32-17-13(28)10(25)9(24)6(34-17)3-33-18-14(29)11(26)12(27)15(35-18)16(30)31/h1,4-15,17-18,20-29H,2-3H2,(H,30,31). The SMILES string of the molecule is O=CC(O)C(O)C(O)C(O)COC1OC(COC2OC(C(=O)O)C(O)C(O)C2O)C(O)C(O)C1O. The number of aliphatic hydroxyl groups excluding tert-OH is 10. The van der Waals surface area contributed by atoms with E-state index in [1.807, 2.05) is 0 Å². The van der Waals surface area contributed by atoms with Gasteiger partial charge in [0.15, 0.2) is 25.0 Å². The minimum Gasteiger partial charge on any atom is -0.479 e. The molecule has 0 radical (unpaired) electrons. The van der Waals surface area contributed by atoms with Gasteiger partial charge in [-0.15, -0.1) is 0 Å². The van der Waals surface area contributed by atoms with Gasteiger partial charge in [0.1, 0.15) is 67.1 Å². The molecule has 2 heterocycles. The van der Waals surface area contributed by atoms with Crippen molar-refractivity contribution in [2.75, 3.05) is 13.2 Å². The molecule has 2 fully saturated rings. The summed E-state index contributed by atoms with van der Waals surface area (Å²) in [5, 5.41) is 107. The molecule has 17 heteroatoms. The number of ether oxygens (including phenoxy) is 4. The van der Waals surface area contributed by atoms with Crippen molar-refractivity contribution in [2.45, 2.75) is 85.8 Å². The van der Waals surface area contributed by atoms with Crippen LogP contribution in [-0.4, -0.2) is 167 Å². The zero-order chi connectivity index (χ0) is 26.6. The number of carbonyl (C=O) groups excluding carboxylic acids is 1. The first-order valence-electron chi connectivity index (χ1n) is 10.3. The van der Waals surface area contributed by atoms with E-state index < -0.39 is 105 Å². The van der Waals surface area contributed by atoms with Crippen molar-refractivity contribution in [3.05, 3.63) is 0 Å². The number of aldehydes is 1. The van der Waals surface area contributed by atoms with Crippen LogP contribution in [0.3, 0.4) is 0 Å². The van der Waals surface area contributed by atoms with Crippen LogP contribution in [0.15, 0.2) is 0 Å². The molecule has 14 atom stereocenters. The Balaban J connectivity index is 1.98. The van der Waals surface area contributed by atoms with Crippen molar-refractivity contribution in [2.24, 2.45) is 0 Å². The second-order valence-corrected chi connectivity index (χ2v) is 8.09. The smallest absolute Gasteiger partial charge is 0.335 e. The molecule has 0 aromatic rings. The fraction of sp³-hybridized carbons (Fsp3) is 0.889. The number of carboxylic acid groups (broad SMARTS) is 1. The number of aliphatic carboxylic acids is 1. The van der Waals surface area contributed by atoms with Gasteiger partial charge in [0.05, 0.1) is 13.2 Å². The van der Waals surface area contributed by atoms with Gasteiger partial charge >= 0.3 is 5.97 Å². The Morgan fingerprint density at radius 3 is 1.86 bits per heavy atom. The van der Waals surface area contributed by atoms with E-state index in [9.17, 15) is 60.7 Å². The van der Waals surface area contributed by atoms with Gasteiger partial charge < -0.3 is 79.9 Å². The summed E-state index contributed by atoms with van der Waals surface area (Å²) in [6.07, 6.45) is -26.6. The molecule has 0 aromatic heterocycles. The first-order valence-corrected chi connectivity index (χ1v) is 10.3. The Hall–Kier alpha value is -1.42. The van der Waals surface area contributed by atoms with E-state index in [-0.39, 0.29) is 6.29 Å². The number of rotatable bonds is 11. The summed E-state index contributed by atoms with van der Waals surface area (Å²) in [6.45, 7) is -1.58. The summed E-state index contributed by atoms with van der Waals surface area (Å²) in [5.74, 6) is -1.66. The van der Waals surface area contributed by atoms with Gasteiger partial charge in [-0.25, -0.2) is 4.79 Å². The van der Waals surface area contributed by atoms with Crippen LogP contribution >= 0.6 is 0 Å². The second kappa shape index (κ2) is 12.7. The van der Waals surface area contributed by atoms with Crippen LogP contribution in [0.5, 0.6) is 0 Å². The maximum Gasteiger partial charge on any atom is 0.335 e. The van der Waals surface area contributed by atoms with Crippen LogP contribution in [0.4, 0.5) is 0 Å². The average molecular weight is 518 g/mol. The lowest BCUT2D eigenvalue weighted by Gasteiger charge is -2.42. The minimum absolute atomic E-state index is 0.0802. The molecule has 35 heavy (non-hydrogen) atoms. The predicted octanol–water partition coefficient (Wildman–Crippen LogP) is -7.64. The largest absolute Gasteiger partial charge is 0.479 e. The molecule has 0 aromatic carbocycles. The number of carboxylic acids is 1. The summed E-state index contributed by atoms with van der Waals surface area (Å²) in [5.41, 5.74) is 0. The molecular weight excluding hydrogens is 488 g/mol. The van der Waals surface area contributed by atoms with Gasteiger partial charge in [0.2, 0.25) is 0 Å². The molecule has 0 saturated carbocycles. The van der Waals surface area contributed by atoms with Crippen molar-refractivity contribution in [3.63, 3.8) is 0 Å². The van der Waals surface area contributed by atoms with Gasteiger partial charge in [0.25, 0.3) is 0 Å². The van der Waals surface area contributed by atoms with Crippen molar-refractivity contribution < 1.29 is 84.7 Å². The highest BCUT2D eigenvalue weighted by Gasteiger charge is 2.49. The van der Waals surface area contributed by atoms with Crippen molar-refractivity contribution in [1.29, 1.82) is 0 Å². The summed E-state index contributed by atoms with van der Waals surface area (Å²) >= 11 is 0. The maximum atomic E-state index is 11.2. The average Bonchev–Trinajstić information content (AvgIpc) is 2.83. The monoisotopic (exact) mass is 518 g/mol. The third-order valence-electron chi connectivity index (χ3n) is 5.57. The van der Waals surface area contributed by atoms with Crippen LogP contribution in [0, 0.1) is 0 Å². The predicted molar refractivity (Wildman–Crippen MR) is 103 cm³/mol. The summed E-state index contributed by atoms with van der Waals surface area (Å²) in [4.78, 5) is 21.6. The first-order chi connectivity index (χ1) is 16.3. The molecule has 0 bridgehead atoms. The molecule has 17 nitrogen and oxygen atoms in total. The number of aliphatic hydroxyl groups is 10. The number of carbonyl (C=O) groups is 2. The molecule has 2 saturated heterocycles. The lowest BCUT2D eigenvalue weighted by Crippen LogP contribution is -2.62. The summed E-state index contributed by atoms with van der Waals surface area (Å²) in [6, 6.07) is 0. The number of hydrogen-bond acceptors (Lipinski definition) is 16. The Bertz CT molecular complexity index is 694. The van der Waals surface area contributed by atoms with Crippen LogP contribution in [0.1, 0.15) is 0 Å². The van der Waals surface area contributed by atoms with Crippen molar-refractivity contribution >= 4 is 12.3 Å². The van der Waals surface area contributed by atoms with E-state index in [0.29, 0.717) is 0 Å². The molecular formula is C18H30O17. The van der Waals surface area contributed by atoms with Crippen molar-refractivity contribution in [3.8, 4) is 0 Å². The normalized spacial score (nSPS) is 41.5. The topological polar surface area (TPSA) is 294 Å². The van der Waals surface area contributed by atoms with Crippen LogP contribution in [0.25, 0.3) is 0 Å². The van der Waals surface area contributed by atoms with E-state index in [2.05, 4.69) is 0 Å². The van der Waals surface area contributed by atoms with E-state index in [1.54, 1.807) is 0 Å². The van der Waals surface area contributed by atoms with Gasteiger partial charge in [-0.2, -0.15) is 0 Å². The van der Waals surface area contributed by atoms with E-state index in [1.165, 1.54) is 0 Å². The maximum absolute atomic E-state index is 11.2. The van der Waals surface area contributed by atoms with E-state index >= 15 is 0 Å². The molecule has 204 valence electrons. The zero-order valence-electron chi connectivity index (χ0n) is 17.9. The highest BCUT2D eigenvalue weighted by Crippen LogP contribution is 2.26. The highest BCUT2D eigenvalue weighted by atomic mass is 16.7. The minimum atomic E-state index is -2.07. The third kappa shape index (κ3) is 6.87. The quantitative estimate of drug-likeness (QED) is 0.113. The Labute approximate surface area is 196 Å². The summed E-state index contributed by atoms with van der Waals surface area (Å²) < 4.78 is 20.4. The summed E-state index contributed by atoms with van der Waals surface area (Å²) in [7, 11) is 0. The van der Waals surface area contributed by atoms with E-state index in [4.69, 9.17) is 24.1 Å². The fourth-order valence-corrected chi connectivity index (χ4v) is 3.37. The first kappa shape index (κ1) is 29.8. The van der Waals surface area contributed by atoms with E-state index in [0.717, 1.165) is 0 Å². The molecule has 14 unspecified atom stereocenters.